The minimum atomic E-state index is -0.714. The highest BCUT2D eigenvalue weighted by Crippen LogP contribution is 2.53. The van der Waals surface area contributed by atoms with Crippen LogP contribution in [0, 0.1) is 5.92 Å². The summed E-state index contributed by atoms with van der Waals surface area (Å²) in [5.74, 6) is 2.30. The van der Waals surface area contributed by atoms with Crippen LogP contribution >= 0.6 is 0 Å². The summed E-state index contributed by atoms with van der Waals surface area (Å²) in [5, 5.41) is 11.8. The Bertz CT molecular complexity index is 2080. The predicted molar refractivity (Wildman–Crippen MR) is 217 cm³/mol. The molecule has 4 aromatic rings. The van der Waals surface area contributed by atoms with Gasteiger partial charge in [-0.25, -0.2) is 0 Å². The van der Waals surface area contributed by atoms with E-state index in [1.165, 1.54) is 0 Å². The van der Waals surface area contributed by atoms with Crippen LogP contribution in [0.15, 0.2) is 84.0 Å². The molecule has 4 aromatic carbocycles. The first-order chi connectivity index (χ1) is 26.5. The molecule has 1 aliphatic rings. The van der Waals surface area contributed by atoms with Gasteiger partial charge in [-0.2, -0.15) is 0 Å². The van der Waals surface area contributed by atoms with Crippen LogP contribution in [0.3, 0.4) is 0 Å². The lowest BCUT2D eigenvalue weighted by Gasteiger charge is -2.38. The van der Waals surface area contributed by atoms with Crippen molar-refractivity contribution < 1.29 is 43.1 Å². The quantitative estimate of drug-likeness (QED) is 0.0723. The van der Waals surface area contributed by atoms with Crippen LogP contribution in [-0.2, 0) is 6.42 Å². The van der Waals surface area contributed by atoms with Crippen molar-refractivity contribution in [2.75, 3.05) is 49.8 Å². The van der Waals surface area contributed by atoms with E-state index in [9.17, 15) is 5.11 Å². The summed E-state index contributed by atoms with van der Waals surface area (Å²) >= 11 is 0. The van der Waals surface area contributed by atoms with Crippen LogP contribution in [0.2, 0.25) is 0 Å². The summed E-state index contributed by atoms with van der Waals surface area (Å²) in [5.41, 5.74) is 6.18. The van der Waals surface area contributed by atoms with Crippen LogP contribution in [-0.4, -0.2) is 60.7 Å². The molecule has 5 rings (SSSR count). The SMILES string of the molecule is COc1ccc(/C=C/c2cc(OC)c([C@@H]3C=C(C)C[C@@H](c4ccc(OC)cc4OC)C3C(=O)c3ccc(OC)c(CC=C(C)C)c3O)c(OC)c2)c(OC)c1. The first-order valence-corrected chi connectivity index (χ1v) is 18.1. The Kier molecular flexibility index (Phi) is 13.2. The van der Waals surface area contributed by atoms with Crippen molar-refractivity contribution >= 4 is 17.9 Å². The zero-order chi connectivity index (χ0) is 39.8. The first kappa shape index (κ1) is 40.4. The lowest BCUT2D eigenvalue weighted by Crippen LogP contribution is -2.32. The standard InChI is InChI=1S/C46H52O9/c1-27(2)11-17-34-38(51-6)20-19-35(45(34)47)46(48)43-36(33-18-16-32(50-5)26-40(33)53-8)21-28(3)22-37(43)44-41(54-9)23-29(24-42(44)55-10)12-13-30-14-15-31(49-4)25-39(30)52-7/h11-16,18-20,22-26,36-37,43,47H,17,21H2,1-10H3/b13-12+/t36-,37+,43?/m0/s1. The fourth-order valence-electron chi connectivity index (χ4n) is 7.46. The molecule has 3 atom stereocenters. The molecule has 1 aliphatic carbocycles. The van der Waals surface area contributed by atoms with Gasteiger partial charge in [0.05, 0.1) is 55.3 Å². The van der Waals surface area contributed by atoms with E-state index in [0.717, 1.165) is 33.4 Å². The summed E-state index contributed by atoms with van der Waals surface area (Å²) < 4.78 is 40.3. The van der Waals surface area contributed by atoms with Crippen molar-refractivity contribution in [2.45, 2.75) is 45.4 Å². The summed E-state index contributed by atoms with van der Waals surface area (Å²) in [6.45, 7) is 6.05. The fraction of sp³-hybridized carbons (Fsp3) is 0.326. The van der Waals surface area contributed by atoms with E-state index in [0.29, 0.717) is 58.7 Å². The number of aromatic hydroxyl groups is 1. The summed E-state index contributed by atoms with van der Waals surface area (Å²) in [6.07, 6.45) is 9.01. The highest BCUT2D eigenvalue weighted by molar-refractivity contribution is 6.02. The summed E-state index contributed by atoms with van der Waals surface area (Å²) in [6, 6.07) is 18.6. The van der Waals surface area contributed by atoms with Gasteiger partial charge in [0, 0.05) is 46.6 Å². The number of carbonyl (C=O) groups is 1. The number of phenolic OH excluding ortho intramolecular Hbond substituents is 1. The van der Waals surface area contributed by atoms with Gasteiger partial charge < -0.3 is 38.3 Å². The fourth-order valence-corrected chi connectivity index (χ4v) is 7.46. The van der Waals surface area contributed by atoms with Crippen LogP contribution < -0.4 is 33.2 Å². The minimum absolute atomic E-state index is 0.0966. The number of methoxy groups -OCH3 is 7. The number of ketones is 1. The van der Waals surface area contributed by atoms with Gasteiger partial charge in [0.1, 0.15) is 46.0 Å². The second-order valence-electron chi connectivity index (χ2n) is 13.8. The normalized spacial score (nSPS) is 16.5. The Hall–Kier alpha value is -5.83. The van der Waals surface area contributed by atoms with Crippen molar-refractivity contribution in [1.29, 1.82) is 0 Å². The largest absolute Gasteiger partial charge is 0.507 e. The monoisotopic (exact) mass is 748 g/mol. The Morgan fingerprint density at radius 1 is 0.709 bits per heavy atom. The molecule has 55 heavy (non-hydrogen) atoms. The maximum atomic E-state index is 15.3. The third-order valence-electron chi connectivity index (χ3n) is 10.2. The average molecular weight is 749 g/mol. The molecule has 0 saturated carbocycles. The molecular weight excluding hydrogens is 696 g/mol. The molecule has 9 nitrogen and oxygen atoms in total. The van der Waals surface area contributed by atoms with Gasteiger partial charge in [0.2, 0.25) is 0 Å². The topological polar surface area (TPSA) is 102 Å². The molecule has 0 amide bonds. The third-order valence-corrected chi connectivity index (χ3v) is 10.2. The highest BCUT2D eigenvalue weighted by atomic mass is 16.5. The van der Waals surface area contributed by atoms with Crippen LogP contribution in [0.25, 0.3) is 12.2 Å². The van der Waals surface area contributed by atoms with E-state index in [-0.39, 0.29) is 23.0 Å². The number of phenols is 1. The summed E-state index contributed by atoms with van der Waals surface area (Å²) in [4.78, 5) is 15.3. The zero-order valence-electron chi connectivity index (χ0n) is 33.4. The Labute approximate surface area is 324 Å². The Balaban J connectivity index is 1.72. The second-order valence-corrected chi connectivity index (χ2v) is 13.8. The van der Waals surface area contributed by atoms with Crippen molar-refractivity contribution in [3.63, 3.8) is 0 Å². The van der Waals surface area contributed by atoms with Gasteiger partial charge in [-0.1, -0.05) is 41.5 Å². The van der Waals surface area contributed by atoms with Gasteiger partial charge >= 0.3 is 0 Å². The van der Waals surface area contributed by atoms with E-state index in [1.54, 1.807) is 61.9 Å². The van der Waals surface area contributed by atoms with Crippen LogP contribution in [0.5, 0.6) is 46.0 Å². The van der Waals surface area contributed by atoms with Crippen LogP contribution in [0.1, 0.15) is 77.2 Å². The molecule has 1 N–H and O–H groups in total. The molecular formula is C46H52O9. The third kappa shape index (κ3) is 8.62. The smallest absolute Gasteiger partial charge is 0.171 e. The van der Waals surface area contributed by atoms with E-state index < -0.39 is 11.8 Å². The van der Waals surface area contributed by atoms with Crippen LogP contribution in [0.4, 0.5) is 0 Å². The number of allylic oxidation sites excluding steroid dienone is 4. The number of hydrogen-bond acceptors (Lipinski definition) is 9. The lowest BCUT2D eigenvalue weighted by molar-refractivity contribution is 0.0876. The highest BCUT2D eigenvalue weighted by Gasteiger charge is 2.43. The van der Waals surface area contributed by atoms with Crippen molar-refractivity contribution in [3.8, 4) is 46.0 Å². The molecule has 0 aliphatic heterocycles. The van der Waals surface area contributed by atoms with Gasteiger partial charge in [0.25, 0.3) is 0 Å². The van der Waals surface area contributed by atoms with Gasteiger partial charge in [-0.05, 0) is 87.2 Å². The van der Waals surface area contributed by atoms with E-state index >= 15 is 4.79 Å². The first-order valence-electron chi connectivity index (χ1n) is 18.1. The molecule has 0 bridgehead atoms. The van der Waals surface area contributed by atoms with E-state index in [1.807, 2.05) is 80.6 Å². The van der Waals surface area contributed by atoms with Crippen molar-refractivity contribution in [2.24, 2.45) is 5.92 Å². The molecule has 290 valence electrons. The number of ether oxygens (including phenoxy) is 7. The predicted octanol–water partition coefficient (Wildman–Crippen LogP) is 9.85. The second kappa shape index (κ2) is 18.0. The van der Waals surface area contributed by atoms with E-state index in [2.05, 4.69) is 13.0 Å². The minimum Gasteiger partial charge on any atom is -0.507 e. The molecule has 9 heteroatoms. The maximum absolute atomic E-state index is 15.3. The van der Waals surface area contributed by atoms with Crippen molar-refractivity contribution in [1.82, 2.24) is 0 Å². The summed E-state index contributed by atoms with van der Waals surface area (Å²) in [7, 11) is 11.2. The van der Waals surface area contributed by atoms with E-state index in [4.69, 9.17) is 33.2 Å². The number of rotatable bonds is 15. The van der Waals surface area contributed by atoms with Crippen molar-refractivity contribution in [3.05, 3.63) is 117 Å². The van der Waals surface area contributed by atoms with Gasteiger partial charge in [-0.15, -0.1) is 0 Å². The lowest BCUT2D eigenvalue weighted by atomic mass is 9.65. The molecule has 0 spiro atoms. The molecule has 0 heterocycles. The number of benzene rings is 4. The number of Topliss-reactive ketones (excluding diaryl/α,β-unsaturated/α-hetero) is 1. The number of hydrogen-bond donors (Lipinski definition) is 1. The zero-order valence-corrected chi connectivity index (χ0v) is 33.4. The Morgan fingerprint density at radius 3 is 1.89 bits per heavy atom. The maximum Gasteiger partial charge on any atom is 0.171 e. The molecule has 0 saturated heterocycles. The average Bonchev–Trinajstić information content (AvgIpc) is 3.20. The molecule has 0 radical (unpaired) electrons. The van der Waals surface area contributed by atoms with Gasteiger partial charge in [-0.3, -0.25) is 4.79 Å². The van der Waals surface area contributed by atoms with Gasteiger partial charge in [0.15, 0.2) is 5.78 Å². The molecule has 1 unspecified atom stereocenters. The molecule has 0 fully saturated rings. The number of carbonyl (C=O) groups excluding carboxylic acids is 1. The Morgan fingerprint density at radius 2 is 1.31 bits per heavy atom. The molecule has 0 aromatic heterocycles.